The van der Waals surface area contributed by atoms with Crippen molar-refractivity contribution in [2.75, 3.05) is 7.11 Å². The van der Waals surface area contributed by atoms with E-state index in [1.807, 2.05) is 60.7 Å². The highest BCUT2D eigenvalue weighted by molar-refractivity contribution is 6.36. The molecule has 0 amide bonds. The molecule has 0 aliphatic carbocycles. The Kier molecular flexibility index (Phi) is 5.07. The predicted octanol–water partition coefficient (Wildman–Crippen LogP) is 3.04. The van der Waals surface area contributed by atoms with Gasteiger partial charge < -0.3 is 4.74 Å². The van der Waals surface area contributed by atoms with Gasteiger partial charge in [0.1, 0.15) is 5.71 Å². The molecule has 0 saturated carbocycles. The van der Waals surface area contributed by atoms with Gasteiger partial charge in [-0.1, -0.05) is 60.7 Å². The Balaban J connectivity index is 2.13. The van der Waals surface area contributed by atoms with Crippen LogP contribution in [0.15, 0.2) is 65.7 Å². The summed E-state index contributed by atoms with van der Waals surface area (Å²) in [7, 11) is 1.38. The van der Waals surface area contributed by atoms with E-state index in [0.29, 0.717) is 18.7 Å². The van der Waals surface area contributed by atoms with Gasteiger partial charge in [-0.15, -0.1) is 0 Å². The van der Waals surface area contributed by atoms with Crippen molar-refractivity contribution < 1.29 is 9.53 Å². The summed E-state index contributed by atoms with van der Waals surface area (Å²) in [4.78, 5) is 16.2. The van der Waals surface area contributed by atoms with E-state index in [0.717, 1.165) is 11.1 Å². The molecule has 0 aliphatic heterocycles. The fraction of sp³-hybridized carbons (Fsp3) is 0.176. The SMILES string of the molecule is COC(=O)C(Cc1ccccc1)=NCc1ccccc1. The second-order valence-corrected chi connectivity index (χ2v) is 4.40. The zero-order chi connectivity index (χ0) is 14.2. The molecule has 0 N–H and O–H groups in total. The summed E-state index contributed by atoms with van der Waals surface area (Å²) >= 11 is 0. The second kappa shape index (κ2) is 7.24. The van der Waals surface area contributed by atoms with Crippen LogP contribution in [0.4, 0.5) is 0 Å². The first kappa shape index (κ1) is 14.0. The molecule has 3 heteroatoms. The quantitative estimate of drug-likeness (QED) is 0.617. The summed E-state index contributed by atoms with van der Waals surface area (Å²) in [6.45, 7) is 0.484. The minimum absolute atomic E-state index is 0.371. The Hall–Kier alpha value is -2.42. The summed E-state index contributed by atoms with van der Waals surface area (Å²) in [6, 6.07) is 19.6. The topological polar surface area (TPSA) is 38.7 Å². The molecule has 2 aromatic rings. The Morgan fingerprint density at radius 3 is 2.05 bits per heavy atom. The lowest BCUT2D eigenvalue weighted by atomic mass is 10.1. The predicted molar refractivity (Wildman–Crippen MR) is 79.7 cm³/mol. The molecule has 2 rings (SSSR count). The number of nitrogens with zero attached hydrogens (tertiary/aromatic N) is 1. The van der Waals surface area contributed by atoms with Crippen molar-refractivity contribution in [3.8, 4) is 0 Å². The second-order valence-electron chi connectivity index (χ2n) is 4.40. The minimum atomic E-state index is -0.371. The molecule has 102 valence electrons. The molecule has 0 bridgehead atoms. The highest BCUT2D eigenvalue weighted by atomic mass is 16.5. The highest BCUT2D eigenvalue weighted by Gasteiger charge is 2.12. The summed E-state index contributed by atoms with van der Waals surface area (Å²) in [5, 5.41) is 0. The van der Waals surface area contributed by atoms with Gasteiger partial charge in [0.15, 0.2) is 0 Å². The zero-order valence-electron chi connectivity index (χ0n) is 11.5. The van der Waals surface area contributed by atoms with Crippen LogP contribution in [-0.2, 0) is 22.5 Å². The van der Waals surface area contributed by atoms with Gasteiger partial charge >= 0.3 is 5.97 Å². The number of carbonyl (C=O) groups excluding carboxylic acids is 1. The van der Waals surface area contributed by atoms with Gasteiger partial charge in [-0.05, 0) is 11.1 Å². The van der Waals surface area contributed by atoms with Gasteiger partial charge in [-0.3, -0.25) is 4.99 Å². The standard InChI is InChI=1S/C17H17NO2/c1-20-17(19)16(12-14-8-4-2-5-9-14)18-13-15-10-6-3-7-11-15/h2-11H,12-13H2,1H3. The van der Waals surface area contributed by atoms with Crippen molar-refractivity contribution in [3.05, 3.63) is 71.8 Å². The molecule has 20 heavy (non-hydrogen) atoms. The van der Waals surface area contributed by atoms with Crippen LogP contribution in [0.1, 0.15) is 11.1 Å². The van der Waals surface area contributed by atoms with Gasteiger partial charge in [-0.25, -0.2) is 4.79 Å². The van der Waals surface area contributed by atoms with Gasteiger partial charge in [-0.2, -0.15) is 0 Å². The van der Waals surface area contributed by atoms with E-state index in [2.05, 4.69) is 4.99 Å². The van der Waals surface area contributed by atoms with E-state index >= 15 is 0 Å². The lowest BCUT2D eigenvalue weighted by molar-refractivity contribution is -0.132. The smallest absolute Gasteiger partial charge is 0.352 e. The minimum Gasteiger partial charge on any atom is -0.465 e. The summed E-state index contributed by atoms with van der Waals surface area (Å²) in [5.74, 6) is -0.371. The Bertz CT molecular complexity index is 576. The monoisotopic (exact) mass is 267 g/mol. The number of hydrogen-bond acceptors (Lipinski definition) is 3. The summed E-state index contributed by atoms with van der Waals surface area (Å²) in [6.07, 6.45) is 0.486. The number of rotatable bonds is 5. The van der Waals surface area contributed by atoms with Crippen LogP contribution >= 0.6 is 0 Å². The third-order valence-electron chi connectivity index (χ3n) is 2.93. The van der Waals surface area contributed by atoms with Crippen LogP contribution in [0.3, 0.4) is 0 Å². The Morgan fingerprint density at radius 2 is 1.50 bits per heavy atom. The molecule has 0 fully saturated rings. The molecule has 0 spiro atoms. The van der Waals surface area contributed by atoms with E-state index in [9.17, 15) is 4.79 Å². The van der Waals surface area contributed by atoms with Crippen LogP contribution in [0, 0.1) is 0 Å². The van der Waals surface area contributed by atoms with Crippen molar-refractivity contribution in [1.29, 1.82) is 0 Å². The molecule has 3 nitrogen and oxygen atoms in total. The van der Waals surface area contributed by atoms with Crippen molar-refractivity contribution in [2.24, 2.45) is 4.99 Å². The average Bonchev–Trinajstić information content (AvgIpc) is 2.52. The number of methoxy groups -OCH3 is 1. The fourth-order valence-electron chi connectivity index (χ4n) is 1.87. The van der Waals surface area contributed by atoms with Crippen LogP contribution in [0.2, 0.25) is 0 Å². The number of ether oxygens (including phenoxy) is 1. The maximum atomic E-state index is 11.8. The highest BCUT2D eigenvalue weighted by Crippen LogP contribution is 2.05. The van der Waals surface area contributed by atoms with E-state index in [-0.39, 0.29) is 5.97 Å². The first-order valence-corrected chi connectivity index (χ1v) is 6.49. The number of benzene rings is 2. The molecular weight excluding hydrogens is 250 g/mol. The number of esters is 1. The fourth-order valence-corrected chi connectivity index (χ4v) is 1.87. The van der Waals surface area contributed by atoms with Gasteiger partial charge in [0.05, 0.1) is 13.7 Å². The summed E-state index contributed by atoms with van der Waals surface area (Å²) < 4.78 is 4.80. The zero-order valence-corrected chi connectivity index (χ0v) is 11.5. The summed E-state index contributed by atoms with van der Waals surface area (Å²) in [5.41, 5.74) is 2.56. The maximum Gasteiger partial charge on any atom is 0.352 e. The van der Waals surface area contributed by atoms with Crippen molar-refractivity contribution in [3.63, 3.8) is 0 Å². The Labute approximate surface area is 118 Å². The number of carbonyl (C=O) groups is 1. The lowest BCUT2D eigenvalue weighted by Crippen LogP contribution is -2.18. The number of hydrogen-bond donors (Lipinski definition) is 0. The molecule has 0 aromatic heterocycles. The molecule has 0 saturated heterocycles. The molecule has 0 radical (unpaired) electrons. The van der Waals surface area contributed by atoms with Crippen molar-refractivity contribution >= 4 is 11.7 Å². The van der Waals surface area contributed by atoms with Crippen LogP contribution in [0.5, 0.6) is 0 Å². The van der Waals surface area contributed by atoms with Crippen LogP contribution in [-0.4, -0.2) is 18.8 Å². The average molecular weight is 267 g/mol. The Morgan fingerprint density at radius 1 is 0.950 bits per heavy atom. The van der Waals surface area contributed by atoms with Crippen LogP contribution < -0.4 is 0 Å². The van der Waals surface area contributed by atoms with Gasteiger partial charge in [0.25, 0.3) is 0 Å². The number of aliphatic imine (C=N–C) groups is 1. The van der Waals surface area contributed by atoms with Crippen molar-refractivity contribution in [2.45, 2.75) is 13.0 Å². The molecule has 0 unspecified atom stereocenters. The maximum absolute atomic E-state index is 11.8. The molecular formula is C17H17NO2. The van der Waals surface area contributed by atoms with Crippen LogP contribution in [0.25, 0.3) is 0 Å². The molecule has 2 aromatic carbocycles. The van der Waals surface area contributed by atoms with Gasteiger partial charge in [0, 0.05) is 6.42 Å². The largest absolute Gasteiger partial charge is 0.465 e. The lowest BCUT2D eigenvalue weighted by Gasteiger charge is -2.05. The van der Waals surface area contributed by atoms with Gasteiger partial charge in [0.2, 0.25) is 0 Å². The molecule has 0 heterocycles. The van der Waals surface area contributed by atoms with E-state index in [4.69, 9.17) is 4.74 Å². The van der Waals surface area contributed by atoms with E-state index in [1.165, 1.54) is 7.11 Å². The van der Waals surface area contributed by atoms with E-state index < -0.39 is 0 Å². The molecule has 0 atom stereocenters. The third kappa shape index (κ3) is 4.05. The van der Waals surface area contributed by atoms with E-state index in [1.54, 1.807) is 0 Å². The first-order chi connectivity index (χ1) is 9.79. The molecule has 0 aliphatic rings. The third-order valence-corrected chi connectivity index (χ3v) is 2.93. The first-order valence-electron chi connectivity index (χ1n) is 6.49. The normalized spacial score (nSPS) is 11.2. The van der Waals surface area contributed by atoms with Crippen molar-refractivity contribution in [1.82, 2.24) is 0 Å².